The number of aromatic hydroxyl groups is 1. The van der Waals surface area contributed by atoms with E-state index in [0.717, 1.165) is 25.9 Å². The number of methoxy groups -OCH3 is 1. The van der Waals surface area contributed by atoms with Crippen LogP contribution in [0.25, 0.3) is 0 Å². The van der Waals surface area contributed by atoms with Gasteiger partial charge in [-0.2, -0.15) is 0 Å². The SMILES string of the molecule is COCC1(C(=O)Nc2ccc(O)cc2)CCNCC1. The molecule has 1 fully saturated rings. The van der Waals surface area contributed by atoms with Crippen molar-refractivity contribution < 1.29 is 14.6 Å². The molecule has 1 aromatic carbocycles. The van der Waals surface area contributed by atoms with Crippen molar-refractivity contribution in [2.45, 2.75) is 12.8 Å². The maximum atomic E-state index is 12.5. The van der Waals surface area contributed by atoms with Crippen molar-refractivity contribution >= 4 is 11.6 Å². The second-order valence-electron chi connectivity index (χ2n) is 4.96. The minimum Gasteiger partial charge on any atom is -0.508 e. The quantitative estimate of drug-likeness (QED) is 0.718. The van der Waals surface area contributed by atoms with E-state index in [9.17, 15) is 9.90 Å². The molecule has 0 unspecified atom stereocenters. The third-order valence-corrected chi connectivity index (χ3v) is 3.59. The maximum absolute atomic E-state index is 12.5. The Morgan fingerprint density at radius 2 is 2.00 bits per heavy atom. The Bertz CT molecular complexity index is 419. The number of carbonyl (C=O) groups excluding carboxylic acids is 1. The summed E-state index contributed by atoms with van der Waals surface area (Å²) >= 11 is 0. The van der Waals surface area contributed by atoms with Gasteiger partial charge >= 0.3 is 0 Å². The number of amides is 1. The van der Waals surface area contributed by atoms with Crippen LogP contribution < -0.4 is 10.6 Å². The highest BCUT2D eigenvalue weighted by Crippen LogP contribution is 2.31. The van der Waals surface area contributed by atoms with Crippen molar-refractivity contribution in [3.63, 3.8) is 0 Å². The first-order chi connectivity index (χ1) is 9.16. The molecular weight excluding hydrogens is 244 g/mol. The zero-order valence-electron chi connectivity index (χ0n) is 11.1. The third kappa shape index (κ3) is 3.24. The molecule has 0 aliphatic carbocycles. The lowest BCUT2D eigenvalue weighted by Crippen LogP contribution is -2.47. The van der Waals surface area contributed by atoms with E-state index < -0.39 is 5.41 Å². The summed E-state index contributed by atoms with van der Waals surface area (Å²) in [6, 6.07) is 6.49. The van der Waals surface area contributed by atoms with Crippen LogP contribution in [0.3, 0.4) is 0 Å². The number of ether oxygens (including phenoxy) is 1. The first-order valence-corrected chi connectivity index (χ1v) is 6.46. The fraction of sp³-hybridized carbons (Fsp3) is 0.500. The second kappa shape index (κ2) is 6.04. The van der Waals surface area contributed by atoms with Crippen LogP contribution >= 0.6 is 0 Å². The van der Waals surface area contributed by atoms with Gasteiger partial charge in [0.05, 0.1) is 12.0 Å². The highest BCUT2D eigenvalue weighted by Gasteiger charge is 2.39. The number of anilines is 1. The number of hydrogen-bond acceptors (Lipinski definition) is 4. The predicted octanol–water partition coefficient (Wildman–Crippen LogP) is 1.35. The van der Waals surface area contributed by atoms with Crippen molar-refractivity contribution in [2.24, 2.45) is 5.41 Å². The van der Waals surface area contributed by atoms with Gasteiger partial charge in [-0.05, 0) is 50.2 Å². The predicted molar refractivity (Wildman–Crippen MR) is 73.1 cm³/mol. The minimum atomic E-state index is -0.460. The molecule has 19 heavy (non-hydrogen) atoms. The molecule has 0 saturated carbocycles. The van der Waals surface area contributed by atoms with Crippen molar-refractivity contribution in [3.05, 3.63) is 24.3 Å². The van der Waals surface area contributed by atoms with Crippen LogP contribution in [-0.2, 0) is 9.53 Å². The van der Waals surface area contributed by atoms with Gasteiger partial charge in [0, 0.05) is 12.8 Å². The van der Waals surface area contributed by atoms with E-state index in [4.69, 9.17) is 4.74 Å². The van der Waals surface area contributed by atoms with Crippen LogP contribution in [0.1, 0.15) is 12.8 Å². The molecule has 1 aromatic rings. The van der Waals surface area contributed by atoms with Gasteiger partial charge in [0.25, 0.3) is 0 Å². The monoisotopic (exact) mass is 264 g/mol. The number of carbonyl (C=O) groups is 1. The van der Waals surface area contributed by atoms with Crippen molar-refractivity contribution in [1.29, 1.82) is 0 Å². The summed E-state index contributed by atoms with van der Waals surface area (Å²) in [5, 5.41) is 15.4. The molecule has 0 bridgehead atoms. The van der Waals surface area contributed by atoms with Gasteiger partial charge < -0.3 is 20.5 Å². The fourth-order valence-electron chi connectivity index (χ4n) is 2.43. The fourth-order valence-corrected chi connectivity index (χ4v) is 2.43. The lowest BCUT2D eigenvalue weighted by atomic mass is 9.78. The summed E-state index contributed by atoms with van der Waals surface area (Å²) in [6.07, 6.45) is 1.54. The number of hydrogen-bond donors (Lipinski definition) is 3. The van der Waals surface area contributed by atoms with E-state index in [1.54, 1.807) is 31.4 Å². The number of nitrogens with one attached hydrogen (secondary N) is 2. The lowest BCUT2D eigenvalue weighted by molar-refractivity contribution is -0.130. The number of benzene rings is 1. The Labute approximate surface area is 113 Å². The first-order valence-electron chi connectivity index (χ1n) is 6.46. The third-order valence-electron chi connectivity index (χ3n) is 3.59. The zero-order valence-corrected chi connectivity index (χ0v) is 11.1. The van der Waals surface area contributed by atoms with Gasteiger partial charge in [-0.3, -0.25) is 4.79 Å². The highest BCUT2D eigenvalue weighted by molar-refractivity contribution is 5.95. The number of phenols is 1. The lowest BCUT2D eigenvalue weighted by Gasteiger charge is -2.35. The number of rotatable bonds is 4. The summed E-state index contributed by atoms with van der Waals surface area (Å²) in [7, 11) is 1.62. The summed E-state index contributed by atoms with van der Waals surface area (Å²) < 4.78 is 5.23. The molecule has 1 saturated heterocycles. The van der Waals surface area contributed by atoms with Crippen LogP contribution in [0.4, 0.5) is 5.69 Å². The Morgan fingerprint density at radius 1 is 1.37 bits per heavy atom. The molecule has 1 aliphatic heterocycles. The van der Waals surface area contributed by atoms with Gasteiger partial charge in [-0.25, -0.2) is 0 Å². The maximum Gasteiger partial charge on any atom is 0.233 e. The molecular formula is C14H20N2O3. The molecule has 1 aliphatic rings. The molecule has 1 heterocycles. The van der Waals surface area contributed by atoms with Crippen LogP contribution in [0.15, 0.2) is 24.3 Å². The van der Waals surface area contributed by atoms with Crippen LogP contribution in [0.5, 0.6) is 5.75 Å². The average molecular weight is 264 g/mol. The first kappa shape index (κ1) is 13.8. The molecule has 104 valence electrons. The average Bonchev–Trinajstić information content (AvgIpc) is 2.43. The molecule has 2 rings (SSSR count). The number of phenolic OH excluding ortho intramolecular Hbond substituents is 1. The molecule has 3 N–H and O–H groups in total. The van der Waals surface area contributed by atoms with Gasteiger partial charge in [0.1, 0.15) is 5.75 Å². The molecule has 5 nitrogen and oxygen atoms in total. The Kier molecular flexibility index (Phi) is 4.39. The second-order valence-corrected chi connectivity index (χ2v) is 4.96. The van der Waals surface area contributed by atoms with Gasteiger partial charge in [-0.1, -0.05) is 0 Å². The Balaban J connectivity index is 2.09. The van der Waals surface area contributed by atoms with Crippen LogP contribution in [0.2, 0.25) is 0 Å². The van der Waals surface area contributed by atoms with E-state index in [2.05, 4.69) is 10.6 Å². The zero-order chi connectivity index (χ0) is 13.7. The van der Waals surface area contributed by atoms with Gasteiger partial charge in [-0.15, -0.1) is 0 Å². The molecule has 0 atom stereocenters. The highest BCUT2D eigenvalue weighted by atomic mass is 16.5. The topological polar surface area (TPSA) is 70.6 Å². The van der Waals surface area contributed by atoms with Crippen molar-refractivity contribution in [3.8, 4) is 5.75 Å². The summed E-state index contributed by atoms with van der Waals surface area (Å²) in [4.78, 5) is 12.5. The minimum absolute atomic E-state index is 0.0125. The van der Waals surface area contributed by atoms with Crippen LogP contribution in [0, 0.1) is 5.41 Å². The van der Waals surface area contributed by atoms with E-state index in [0.29, 0.717) is 12.3 Å². The van der Waals surface area contributed by atoms with Crippen molar-refractivity contribution in [2.75, 3.05) is 32.1 Å². The van der Waals surface area contributed by atoms with E-state index in [-0.39, 0.29) is 11.7 Å². The van der Waals surface area contributed by atoms with Crippen LogP contribution in [-0.4, -0.2) is 37.8 Å². The van der Waals surface area contributed by atoms with E-state index in [1.807, 2.05) is 0 Å². The summed E-state index contributed by atoms with van der Waals surface area (Å²) in [6.45, 7) is 2.08. The Hall–Kier alpha value is -1.59. The Morgan fingerprint density at radius 3 is 2.58 bits per heavy atom. The van der Waals surface area contributed by atoms with Crippen molar-refractivity contribution in [1.82, 2.24) is 5.32 Å². The normalized spacial score (nSPS) is 17.9. The van der Waals surface area contributed by atoms with E-state index >= 15 is 0 Å². The summed E-state index contributed by atoms with van der Waals surface area (Å²) in [5.41, 5.74) is 0.231. The smallest absolute Gasteiger partial charge is 0.233 e. The molecule has 0 aromatic heterocycles. The molecule has 1 amide bonds. The molecule has 0 radical (unpaired) electrons. The van der Waals surface area contributed by atoms with Gasteiger partial charge in [0.2, 0.25) is 5.91 Å². The largest absolute Gasteiger partial charge is 0.508 e. The molecule has 0 spiro atoms. The van der Waals surface area contributed by atoms with Gasteiger partial charge in [0.15, 0.2) is 0 Å². The standard InChI is InChI=1S/C14H20N2O3/c1-19-10-14(6-8-15-9-7-14)13(18)16-11-2-4-12(17)5-3-11/h2-5,15,17H,6-10H2,1H3,(H,16,18). The molecule has 5 heteroatoms. The summed E-state index contributed by atoms with van der Waals surface area (Å²) in [5.74, 6) is 0.174. The van der Waals surface area contributed by atoms with E-state index in [1.165, 1.54) is 0 Å². The number of piperidine rings is 1.